The first-order valence-electron chi connectivity index (χ1n) is 8.78. The highest BCUT2D eigenvalue weighted by Gasteiger charge is 2.20. The maximum absolute atomic E-state index is 12.7. The molecule has 0 saturated heterocycles. The number of hydrogen-bond acceptors (Lipinski definition) is 5. The number of rotatable bonds is 7. The van der Waals surface area contributed by atoms with E-state index in [1.165, 1.54) is 6.07 Å². The lowest BCUT2D eigenvalue weighted by atomic mass is 10.1. The Bertz CT molecular complexity index is 835. The molecule has 0 unspecified atom stereocenters. The van der Waals surface area contributed by atoms with E-state index in [0.29, 0.717) is 29.6 Å². The van der Waals surface area contributed by atoms with Crippen LogP contribution < -0.4 is 24.8 Å². The number of aromatic nitrogens is 1. The Hall–Kier alpha value is -2.37. The Balaban J connectivity index is 0.00000300. The third-order valence-corrected chi connectivity index (χ3v) is 4.12. The van der Waals surface area contributed by atoms with Gasteiger partial charge >= 0.3 is 6.61 Å². The molecule has 29 heavy (non-hydrogen) atoms. The number of nitrogens with zero attached hydrogens (tertiary/aromatic N) is 2. The first-order chi connectivity index (χ1) is 13.5. The van der Waals surface area contributed by atoms with E-state index in [2.05, 4.69) is 25.3 Å². The number of halogens is 3. The monoisotopic (exact) mass is 520 g/mol. The van der Waals surface area contributed by atoms with Crippen LogP contribution in [0.25, 0.3) is 0 Å². The Morgan fingerprint density at radius 1 is 1.24 bits per heavy atom. The van der Waals surface area contributed by atoms with Crippen molar-refractivity contribution in [3.8, 4) is 17.2 Å². The first kappa shape index (κ1) is 22.9. The fourth-order valence-electron chi connectivity index (χ4n) is 2.68. The molecule has 7 nitrogen and oxygen atoms in total. The topological polar surface area (TPSA) is 77.0 Å². The van der Waals surface area contributed by atoms with Gasteiger partial charge in [-0.3, -0.25) is 9.98 Å². The summed E-state index contributed by atoms with van der Waals surface area (Å²) in [6.45, 7) is -0.0660. The molecule has 0 radical (unpaired) electrons. The average Bonchev–Trinajstić information content (AvgIpc) is 3.12. The van der Waals surface area contributed by atoms with Gasteiger partial charge in [-0.25, -0.2) is 0 Å². The standard InChI is InChI=1S/C19H22F2N4O3.HI/c1-12-3-4-13(9-24-12)5-6-23-19(22-2)25-10-14-7-16-17(27-11-26-16)8-15(14)28-18(20)21;/h3-4,7-9,18H,5-6,10-11H2,1-2H3,(H2,22,23,25);1H. The van der Waals surface area contributed by atoms with Gasteiger partial charge in [-0.15, -0.1) is 24.0 Å². The second-order valence-corrected chi connectivity index (χ2v) is 6.10. The van der Waals surface area contributed by atoms with Crippen molar-refractivity contribution in [3.63, 3.8) is 0 Å². The van der Waals surface area contributed by atoms with Gasteiger partial charge in [0.25, 0.3) is 0 Å². The van der Waals surface area contributed by atoms with Crippen LogP contribution in [0, 0.1) is 6.92 Å². The van der Waals surface area contributed by atoms with E-state index in [4.69, 9.17) is 9.47 Å². The van der Waals surface area contributed by atoms with E-state index < -0.39 is 6.61 Å². The predicted octanol–water partition coefficient (Wildman–Crippen LogP) is 3.25. The number of pyridine rings is 1. The fraction of sp³-hybridized carbons (Fsp3) is 0.368. The number of alkyl halides is 2. The van der Waals surface area contributed by atoms with Crippen molar-refractivity contribution in [2.24, 2.45) is 4.99 Å². The second-order valence-electron chi connectivity index (χ2n) is 6.10. The zero-order valence-corrected chi connectivity index (χ0v) is 18.4. The minimum Gasteiger partial charge on any atom is -0.454 e. The molecule has 1 aliphatic rings. The minimum absolute atomic E-state index is 0. The summed E-state index contributed by atoms with van der Waals surface area (Å²) in [4.78, 5) is 8.41. The fourth-order valence-corrected chi connectivity index (χ4v) is 2.68. The van der Waals surface area contributed by atoms with E-state index in [1.54, 1.807) is 13.1 Å². The molecule has 0 aliphatic carbocycles. The molecule has 1 aliphatic heterocycles. The van der Waals surface area contributed by atoms with Gasteiger partial charge in [0.1, 0.15) is 5.75 Å². The molecule has 1 aromatic carbocycles. The van der Waals surface area contributed by atoms with E-state index in [9.17, 15) is 8.78 Å². The lowest BCUT2D eigenvalue weighted by Gasteiger charge is -2.15. The van der Waals surface area contributed by atoms with Crippen molar-refractivity contribution in [2.75, 3.05) is 20.4 Å². The number of guanidine groups is 1. The van der Waals surface area contributed by atoms with Crippen molar-refractivity contribution >= 4 is 29.9 Å². The zero-order valence-electron chi connectivity index (χ0n) is 16.1. The van der Waals surface area contributed by atoms with Gasteiger partial charge in [0.15, 0.2) is 17.5 Å². The minimum atomic E-state index is -2.93. The van der Waals surface area contributed by atoms with E-state index >= 15 is 0 Å². The van der Waals surface area contributed by atoms with Gasteiger partial charge in [0.05, 0.1) is 0 Å². The molecule has 2 aromatic rings. The molecule has 0 saturated carbocycles. The maximum Gasteiger partial charge on any atom is 0.387 e. The van der Waals surface area contributed by atoms with Crippen molar-refractivity contribution in [1.29, 1.82) is 0 Å². The molecule has 158 valence electrons. The summed E-state index contributed by atoms with van der Waals surface area (Å²) >= 11 is 0. The SMILES string of the molecule is CN=C(NCCc1ccc(C)nc1)NCc1cc2c(cc1OC(F)F)OCO2.I. The van der Waals surface area contributed by atoms with Gasteiger partial charge in [0.2, 0.25) is 6.79 Å². The highest BCUT2D eigenvalue weighted by molar-refractivity contribution is 14.0. The van der Waals surface area contributed by atoms with Gasteiger partial charge in [-0.2, -0.15) is 8.78 Å². The Morgan fingerprint density at radius 2 is 2.00 bits per heavy atom. The molecular formula is C19H23F2IN4O3. The number of ether oxygens (including phenoxy) is 3. The number of aliphatic imine (C=N–C) groups is 1. The molecule has 3 rings (SSSR count). The van der Waals surface area contributed by atoms with Crippen molar-refractivity contribution in [3.05, 3.63) is 47.3 Å². The summed E-state index contributed by atoms with van der Waals surface area (Å²) in [6.07, 6.45) is 2.62. The van der Waals surface area contributed by atoms with Crippen LogP contribution in [0.4, 0.5) is 8.78 Å². The van der Waals surface area contributed by atoms with Gasteiger partial charge < -0.3 is 24.8 Å². The summed E-state index contributed by atoms with van der Waals surface area (Å²) in [5.74, 6) is 1.45. The van der Waals surface area contributed by atoms with Gasteiger partial charge in [-0.1, -0.05) is 6.07 Å². The Kier molecular flexibility index (Phi) is 8.68. The second kappa shape index (κ2) is 11.0. The molecule has 0 atom stereocenters. The van der Waals surface area contributed by atoms with E-state index in [-0.39, 0.29) is 43.1 Å². The Morgan fingerprint density at radius 3 is 2.66 bits per heavy atom. The predicted molar refractivity (Wildman–Crippen MR) is 115 cm³/mol. The van der Waals surface area contributed by atoms with Crippen LogP contribution in [0.3, 0.4) is 0 Å². The molecule has 0 bridgehead atoms. The van der Waals surface area contributed by atoms with Crippen molar-refractivity contribution in [1.82, 2.24) is 15.6 Å². The molecule has 10 heteroatoms. The van der Waals surface area contributed by atoms with E-state index in [0.717, 1.165) is 17.7 Å². The van der Waals surface area contributed by atoms with Crippen LogP contribution in [-0.2, 0) is 13.0 Å². The molecule has 0 amide bonds. The van der Waals surface area contributed by atoms with Crippen LogP contribution in [-0.4, -0.2) is 37.9 Å². The van der Waals surface area contributed by atoms with E-state index in [1.807, 2.05) is 25.3 Å². The number of aryl methyl sites for hydroxylation is 1. The van der Waals surface area contributed by atoms with Crippen LogP contribution >= 0.6 is 24.0 Å². The van der Waals surface area contributed by atoms with Crippen molar-refractivity contribution in [2.45, 2.75) is 26.5 Å². The molecular weight excluding hydrogens is 497 g/mol. The number of benzene rings is 1. The smallest absolute Gasteiger partial charge is 0.387 e. The lowest BCUT2D eigenvalue weighted by molar-refractivity contribution is -0.0505. The third-order valence-electron chi connectivity index (χ3n) is 4.12. The normalized spacial score (nSPS) is 12.5. The third kappa shape index (κ3) is 6.58. The summed E-state index contributed by atoms with van der Waals surface area (Å²) in [7, 11) is 1.64. The maximum atomic E-state index is 12.7. The van der Waals surface area contributed by atoms with Crippen molar-refractivity contribution < 1.29 is 23.0 Å². The lowest BCUT2D eigenvalue weighted by Crippen LogP contribution is -2.38. The van der Waals surface area contributed by atoms with Crippen LogP contribution in [0.1, 0.15) is 16.8 Å². The molecule has 1 aromatic heterocycles. The van der Waals surface area contributed by atoms with Crippen LogP contribution in [0.2, 0.25) is 0 Å². The molecule has 0 spiro atoms. The number of nitrogens with one attached hydrogen (secondary N) is 2. The zero-order chi connectivity index (χ0) is 19.9. The highest BCUT2D eigenvalue weighted by Crippen LogP contribution is 2.38. The van der Waals surface area contributed by atoms with Crippen LogP contribution in [0.5, 0.6) is 17.2 Å². The largest absolute Gasteiger partial charge is 0.454 e. The molecule has 2 N–H and O–H groups in total. The summed E-state index contributed by atoms with van der Waals surface area (Å²) < 4.78 is 40.6. The molecule has 0 fully saturated rings. The number of fused-ring (bicyclic) bond motifs is 1. The van der Waals surface area contributed by atoms with Gasteiger partial charge in [-0.05, 0) is 31.0 Å². The molecule has 2 heterocycles. The summed E-state index contributed by atoms with van der Waals surface area (Å²) in [6, 6.07) is 7.03. The quantitative estimate of drug-likeness (QED) is 0.332. The highest BCUT2D eigenvalue weighted by atomic mass is 127. The van der Waals surface area contributed by atoms with Crippen LogP contribution in [0.15, 0.2) is 35.5 Å². The summed E-state index contributed by atoms with van der Waals surface area (Å²) in [5.41, 5.74) is 2.59. The van der Waals surface area contributed by atoms with Gasteiger partial charge in [0, 0.05) is 43.7 Å². The number of hydrogen-bond donors (Lipinski definition) is 2. The Labute approximate surface area is 184 Å². The first-order valence-corrected chi connectivity index (χ1v) is 8.78. The summed E-state index contributed by atoms with van der Waals surface area (Å²) in [5, 5.41) is 6.27. The average molecular weight is 520 g/mol.